The van der Waals surface area contributed by atoms with E-state index in [2.05, 4.69) is 0 Å². The summed E-state index contributed by atoms with van der Waals surface area (Å²) in [6, 6.07) is 1.27. The molecule has 0 aromatic carbocycles. The minimum Gasteiger partial charge on any atom is -0.544 e. The van der Waals surface area contributed by atoms with Crippen molar-refractivity contribution in [1.82, 2.24) is 0 Å². The first-order valence-electron chi connectivity index (χ1n) is 6.15. The van der Waals surface area contributed by atoms with Crippen molar-refractivity contribution >= 4 is 40.5 Å². The van der Waals surface area contributed by atoms with Gasteiger partial charge in [0.05, 0.1) is 29.0 Å². The van der Waals surface area contributed by atoms with Crippen molar-refractivity contribution in [2.24, 2.45) is 5.92 Å². The number of carbonyl (C=O) groups is 1. The second kappa shape index (κ2) is 6.41. The molecule has 4 heterocycles. The van der Waals surface area contributed by atoms with Crippen molar-refractivity contribution < 1.29 is 19.9 Å². The molecule has 2 N–H and O–H groups in total. The van der Waals surface area contributed by atoms with Crippen LogP contribution in [-0.4, -0.2) is 36.8 Å². The molecule has 3 saturated heterocycles. The molecular weight excluding hydrogens is 309 g/mol. The van der Waals surface area contributed by atoms with E-state index < -0.39 is 5.97 Å². The van der Waals surface area contributed by atoms with Gasteiger partial charge in [0.25, 0.3) is 0 Å². The van der Waals surface area contributed by atoms with E-state index in [0.29, 0.717) is 5.92 Å². The van der Waals surface area contributed by atoms with Crippen LogP contribution in [0.2, 0.25) is 9.36 Å². The van der Waals surface area contributed by atoms with Gasteiger partial charge < -0.3 is 19.9 Å². The van der Waals surface area contributed by atoms with Gasteiger partial charge in [-0.15, -0.1) is 11.3 Å². The van der Waals surface area contributed by atoms with Crippen molar-refractivity contribution in [3.8, 4) is 0 Å². The second-order valence-corrected chi connectivity index (χ2v) is 6.94. The number of hydrogen-bond donors (Lipinski definition) is 2. The number of halogens is 2. The van der Waals surface area contributed by atoms with Gasteiger partial charge in [0, 0.05) is 18.8 Å². The molecule has 1 atom stereocenters. The smallest absolute Gasteiger partial charge is 0.112 e. The number of aliphatic hydroxyl groups is 1. The Labute approximate surface area is 125 Å². The lowest BCUT2D eigenvalue weighted by Gasteiger charge is -2.39. The number of piperidine rings is 3. The number of aromatic carboxylic acids is 1. The number of hydrogen-bond acceptors (Lipinski definition) is 4. The average Bonchev–Trinajstić information content (AvgIpc) is 2.72. The predicted molar refractivity (Wildman–Crippen MR) is 73.0 cm³/mol. The van der Waals surface area contributed by atoms with Crippen molar-refractivity contribution in [2.75, 3.05) is 19.6 Å². The van der Waals surface area contributed by atoms with Crippen LogP contribution in [-0.2, 0) is 0 Å². The van der Waals surface area contributed by atoms with E-state index in [-0.39, 0.29) is 20.3 Å². The van der Waals surface area contributed by atoms with Crippen molar-refractivity contribution in [3.05, 3.63) is 20.3 Å². The average molecular weight is 324 g/mol. The fourth-order valence-corrected chi connectivity index (χ4v) is 3.75. The largest absolute Gasteiger partial charge is 0.544 e. The van der Waals surface area contributed by atoms with Gasteiger partial charge in [-0.05, 0) is 6.07 Å². The third-order valence-electron chi connectivity index (χ3n) is 3.63. The molecule has 1 aromatic rings. The normalized spacial score (nSPS) is 28.7. The van der Waals surface area contributed by atoms with E-state index >= 15 is 0 Å². The molecule has 4 nitrogen and oxygen atoms in total. The number of quaternary nitrogens is 1. The van der Waals surface area contributed by atoms with Crippen LogP contribution in [0.3, 0.4) is 0 Å². The molecule has 1 aromatic heterocycles. The fourth-order valence-electron chi connectivity index (χ4n) is 2.55. The van der Waals surface area contributed by atoms with Crippen LogP contribution >= 0.6 is 34.5 Å². The Morgan fingerprint density at radius 2 is 2.05 bits per heavy atom. The number of carboxylic acid groups (broad SMARTS) is 1. The highest BCUT2D eigenvalue weighted by molar-refractivity contribution is 7.18. The van der Waals surface area contributed by atoms with Crippen LogP contribution in [0, 0.1) is 5.92 Å². The quantitative estimate of drug-likeness (QED) is 0.769. The fraction of sp³-hybridized carbons (Fsp3) is 0.583. The lowest BCUT2D eigenvalue weighted by atomic mass is 9.86. The number of thiophene rings is 1. The molecule has 0 amide bonds. The van der Waals surface area contributed by atoms with Gasteiger partial charge in [0.15, 0.2) is 0 Å². The van der Waals surface area contributed by atoms with Gasteiger partial charge >= 0.3 is 0 Å². The van der Waals surface area contributed by atoms with Gasteiger partial charge in [-0.1, -0.05) is 23.2 Å². The summed E-state index contributed by atoms with van der Waals surface area (Å²) in [6.07, 6.45) is 2.55. The third-order valence-corrected chi connectivity index (χ3v) is 5.47. The zero-order chi connectivity index (χ0) is 14.0. The van der Waals surface area contributed by atoms with Crippen LogP contribution in [0.4, 0.5) is 0 Å². The lowest BCUT2D eigenvalue weighted by molar-refractivity contribution is -0.920. The van der Waals surface area contributed by atoms with E-state index in [1.54, 1.807) is 4.90 Å². The van der Waals surface area contributed by atoms with Gasteiger partial charge in [-0.3, -0.25) is 0 Å². The summed E-state index contributed by atoms with van der Waals surface area (Å²) in [5.41, 5.74) is 0. The first-order valence-corrected chi connectivity index (χ1v) is 7.72. The molecule has 106 valence electrons. The van der Waals surface area contributed by atoms with Gasteiger partial charge in [-0.25, -0.2) is 0 Å². The lowest BCUT2D eigenvalue weighted by Crippen LogP contribution is -3.16. The monoisotopic (exact) mass is 323 g/mol. The number of carbonyl (C=O) groups excluding carboxylic acids is 1. The molecule has 2 bridgehead atoms. The van der Waals surface area contributed by atoms with Crippen molar-refractivity contribution in [3.63, 3.8) is 0 Å². The summed E-state index contributed by atoms with van der Waals surface area (Å²) in [5.74, 6) is -0.596. The number of carboxylic acids is 1. The molecule has 1 unspecified atom stereocenters. The van der Waals surface area contributed by atoms with E-state index in [1.165, 1.54) is 32.0 Å². The summed E-state index contributed by atoms with van der Waals surface area (Å²) in [5, 5.41) is 19.8. The molecule has 19 heavy (non-hydrogen) atoms. The first kappa shape index (κ1) is 15.1. The molecule has 7 heteroatoms. The molecule has 3 aliphatic heterocycles. The molecule has 3 fully saturated rings. The van der Waals surface area contributed by atoms with Gasteiger partial charge in [0.1, 0.15) is 17.0 Å². The Morgan fingerprint density at radius 3 is 2.26 bits per heavy atom. The maximum absolute atomic E-state index is 10.1. The Kier molecular flexibility index (Phi) is 5.09. The predicted octanol–water partition coefficient (Wildman–Crippen LogP) is 0.0742. The minimum absolute atomic E-state index is 0.0301. The Balaban J connectivity index is 0.000000141. The van der Waals surface area contributed by atoms with Crippen LogP contribution in [0.25, 0.3) is 0 Å². The SMILES string of the molecule is O=C([O-])c1cc(Cl)c(Cl)s1.OC1C[NH+]2CCC1CC2. The summed E-state index contributed by atoms with van der Waals surface area (Å²) < 4.78 is 0.279. The van der Waals surface area contributed by atoms with Crippen molar-refractivity contribution in [1.29, 1.82) is 0 Å². The van der Waals surface area contributed by atoms with Gasteiger partial charge in [0.2, 0.25) is 0 Å². The summed E-state index contributed by atoms with van der Waals surface area (Å²) in [7, 11) is 0. The molecule has 0 radical (unpaired) electrons. The van der Waals surface area contributed by atoms with Crippen LogP contribution in [0.5, 0.6) is 0 Å². The standard InChI is InChI=1S/C7H13NO.C5H2Cl2O2S/c9-7-5-8-3-1-6(7)2-4-8;6-2-1-3(5(8)9)10-4(2)7/h6-7,9H,1-5H2;1H,(H,8,9). The summed E-state index contributed by atoms with van der Waals surface area (Å²) in [6.45, 7) is 3.63. The molecule has 0 spiro atoms. The minimum atomic E-state index is -1.25. The Morgan fingerprint density at radius 1 is 1.42 bits per heavy atom. The first-order chi connectivity index (χ1) is 8.97. The highest BCUT2D eigenvalue weighted by Gasteiger charge is 2.35. The molecule has 3 aliphatic rings. The van der Waals surface area contributed by atoms with E-state index in [1.807, 2.05) is 0 Å². The molecular formula is C12H15Cl2NO3S. The van der Waals surface area contributed by atoms with Crippen LogP contribution in [0.1, 0.15) is 22.5 Å². The number of fused-ring (bicyclic) bond motifs is 3. The number of nitrogens with one attached hydrogen (secondary N) is 1. The highest BCUT2D eigenvalue weighted by Crippen LogP contribution is 2.30. The van der Waals surface area contributed by atoms with Crippen LogP contribution in [0.15, 0.2) is 6.07 Å². The van der Waals surface area contributed by atoms with Crippen LogP contribution < -0.4 is 10.0 Å². The second-order valence-electron chi connectivity index (χ2n) is 4.88. The molecule has 4 rings (SSSR count). The number of rotatable bonds is 1. The maximum Gasteiger partial charge on any atom is 0.112 e. The van der Waals surface area contributed by atoms with E-state index in [9.17, 15) is 15.0 Å². The summed E-state index contributed by atoms with van der Waals surface area (Å²) in [4.78, 5) is 11.8. The number of aliphatic hydroxyl groups excluding tert-OH is 1. The highest BCUT2D eigenvalue weighted by atomic mass is 35.5. The maximum atomic E-state index is 10.1. The topological polar surface area (TPSA) is 64.8 Å². The third kappa shape index (κ3) is 3.83. The summed E-state index contributed by atoms with van der Waals surface area (Å²) >= 11 is 11.8. The van der Waals surface area contributed by atoms with E-state index in [0.717, 1.165) is 17.9 Å². The van der Waals surface area contributed by atoms with Gasteiger partial charge in [-0.2, -0.15) is 0 Å². The Bertz CT molecular complexity index is 438. The zero-order valence-corrected chi connectivity index (χ0v) is 12.5. The Hall–Kier alpha value is -0.330. The van der Waals surface area contributed by atoms with E-state index in [4.69, 9.17) is 23.2 Å². The van der Waals surface area contributed by atoms with Crippen molar-refractivity contribution in [2.45, 2.75) is 18.9 Å². The zero-order valence-electron chi connectivity index (χ0n) is 10.2. The molecule has 0 aliphatic carbocycles. The molecule has 0 saturated carbocycles.